The van der Waals surface area contributed by atoms with Crippen molar-refractivity contribution in [2.24, 2.45) is 7.05 Å². The predicted octanol–water partition coefficient (Wildman–Crippen LogP) is 2.21. The van der Waals surface area contributed by atoms with E-state index >= 15 is 0 Å². The normalized spacial score (nSPS) is 13.6. The van der Waals surface area contributed by atoms with Crippen LogP contribution in [0.4, 0.5) is 10.5 Å². The number of carbonyl (C=O) groups is 1. The topological polar surface area (TPSA) is 105 Å². The smallest absolute Gasteiger partial charge is 0.319 e. The molecule has 0 radical (unpaired) electrons. The number of nitrogens with zero attached hydrogens (tertiary/aromatic N) is 3. The Kier molecular flexibility index (Phi) is 4.22. The minimum Gasteiger partial charge on any atom is -0.463 e. The lowest BCUT2D eigenvalue weighted by molar-refractivity contribution is 0.0364. The van der Waals surface area contributed by atoms with E-state index in [0.29, 0.717) is 17.2 Å². The monoisotopic (exact) mass is 343 g/mol. The number of amides is 2. The van der Waals surface area contributed by atoms with Crippen LogP contribution in [0.25, 0.3) is 11.0 Å². The van der Waals surface area contributed by atoms with Crippen molar-refractivity contribution in [2.45, 2.75) is 26.4 Å². The van der Waals surface area contributed by atoms with Crippen molar-refractivity contribution in [2.75, 3.05) is 11.9 Å². The minimum absolute atomic E-state index is 0.00732. The molecule has 0 aliphatic rings. The number of fused-ring (bicyclic) bond motifs is 1. The molecule has 0 unspecified atom stereocenters. The molecule has 25 heavy (non-hydrogen) atoms. The first-order valence-electron chi connectivity index (χ1n) is 7.90. The van der Waals surface area contributed by atoms with Gasteiger partial charge in [-0.2, -0.15) is 5.10 Å². The molecule has 0 aliphatic carbocycles. The van der Waals surface area contributed by atoms with E-state index in [1.807, 2.05) is 20.0 Å². The number of anilines is 1. The maximum atomic E-state index is 12.1. The van der Waals surface area contributed by atoms with Gasteiger partial charge in [-0.3, -0.25) is 4.68 Å². The third-order valence-corrected chi connectivity index (χ3v) is 3.99. The Morgan fingerprint density at radius 1 is 1.40 bits per heavy atom. The lowest BCUT2D eigenvalue weighted by Crippen LogP contribution is -2.40. The third-order valence-electron chi connectivity index (χ3n) is 3.99. The van der Waals surface area contributed by atoms with Crippen molar-refractivity contribution in [3.63, 3.8) is 0 Å². The minimum atomic E-state index is -1.30. The number of pyridine rings is 1. The molecule has 8 nitrogen and oxygen atoms in total. The Balaban J connectivity index is 1.65. The first-order valence-corrected chi connectivity index (χ1v) is 7.90. The fourth-order valence-electron chi connectivity index (χ4n) is 2.62. The van der Waals surface area contributed by atoms with E-state index in [9.17, 15) is 9.90 Å². The van der Waals surface area contributed by atoms with Gasteiger partial charge in [0.25, 0.3) is 0 Å². The SMILES string of the molecule is Cc1ccc([C@](C)(O)CNC(=O)Nc2cnc3c(c2)c(C)nn3C)o1. The van der Waals surface area contributed by atoms with Gasteiger partial charge in [0, 0.05) is 12.4 Å². The summed E-state index contributed by atoms with van der Waals surface area (Å²) in [6.07, 6.45) is 1.57. The molecule has 2 amide bonds. The Labute approximate surface area is 144 Å². The number of aliphatic hydroxyl groups is 1. The van der Waals surface area contributed by atoms with E-state index in [2.05, 4.69) is 20.7 Å². The summed E-state index contributed by atoms with van der Waals surface area (Å²) in [6.45, 7) is 5.27. The Morgan fingerprint density at radius 2 is 2.16 bits per heavy atom. The highest BCUT2D eigenvalue weighted by atomic mass is 16.4. The maximum absolute atomic E-state index is 12.1. The molecule has 8 heteroatoms. The average Bonchev–Trinajstić information content (AvgIpc) is 3.10. The summed E-state index contributed by atoms with van der Waals surface area (Å²) in [4.78, 5) is 16.4. The van der Waals surface area contributed by atoms with E-state index in [1.54, 1.807) is 36.9 Å². The molecule has 0 saturated carbocycles. The van der Waals surface area contributed by atoms with Gasteiger partial charge in [0.15, 0.2) is 5.65 Å². The number of aromatic nitrogens is 3. The summed E-state index contributed by atoms with van der Waals surface area (Å²) in [6, 6.07) is 4.84. The number of nitrogens with one attached hydrogen (secondary N) is 2. The Bertz CT molecular complexity index is 926. The first-order chi connectivity index (χ1) is 11.8. The van der Waals surface area contributed by atoms with E-state index in [0.717, 1.165) is 16.7 Å². The first kappa shape index (κ1) is 17.0. The third kappa shape index (κ3) is 3.48. The van der Waals surface area contributed by atoms with E-state index in [-0.39, 0.29) is 6.54 Å². The highest BCUT2D eigenvalue weighted by molar-refractivity contribution is 5.92. The quantitative estimate of drug-likeness (QED) is 0.673. The molecular weight excluding hydrogens is 322 g/mol. The summed E-state index contributed by atoms with van der Waals surface area (Å²) >= 11 is 0. The van der Waals surface area contributed by atoms with Crippen LogP contribution in [0.2, 0.25) is 0 Å². The van der Waals surface area contributed by atoms with Crippen LogP contribution in [0.5, 0.6) is 0 Å². The van der Waals surface area contributed by atoms with Crippen LogP contribution >= 0.6 is 0 Å². The number of furan rings is 1. The standard InChI is InChI=1S/C17H21N5O3/c1-10-5-6-14(25-10)17(3,24)9-19-16(23)20-12-7-13-11(2)21-22(4)15(13)18-8-12/h5-8,24H,9H2,1-4H3,(H2,19,20,23)/t17-/m1/s1. The van der Waals surface area contributed by atoms with Crippen LogP contribution in [0.15, 0.2) is 28.8 Å². The summed E-state index contributed by atoms with van der Waals surface area (Å²) in [5.74, 6) is 1.10. The lowest BCUT2D eigenvalue weighted by atomic mass is 10.0. The van der Waals surface area contributed by atoms with Gasteiger partial charge in [-0.15, -0.1) is 0 Å². The van der Waals surface area contributed by atoms with E-state index in [1.165, 1.54) is 0 Å². The van der Waals surface area contributed by atoms with Gasteiger partial charge >= 0.3 is 6.03 Å². The Hall–Kier alpha value is -2.87. The van der Waals surface area contributed by atoms with Crippen molar-refractivity contribution in [1.29, 1.82) is 0 Å². The second kappa shape index (κ2) is 6.21. The fourth-order valence-corrected chi connectivity index (χ4v) is 2.62. The van der Waals surface area contributed by atoms with Gasteiger partial charge in [-0.25, -0.2) is 9.78 Å². The van der Waals surface area contributed by atoms with Crippen molar-refractivity contribution in [1.82, 2.24) is 20.1 Å². The largest absolute Gasteiger partial charge is 0.463 e. The van der Waals surface area contributed by atoms with Crippen LogP contribution in [-0.4, -0.2) is 32.4 Å². The summed E-state index contributed by atoms with van der Waals surface area (Å²) in [7, 11) is 1.82. The van der Waals surface area contributed by atoms with Gasteiger partial charge in [-0.1, -0.05) is 0 Å². The number of hydrogen-bond donors (Lipinski definition) is 3. The van der Waals surface area contributed by atoms with Crippen LogP contribution < -0.4 is 10.6 Å². The van der Waals surface area contributed by atoms with Gasteiger partial charge in [-0.05, 0) is 39.0 Å². The summed E-state index contributed by atoms with van der Waals surface area (Å²) in [5.41, 5.74) is 0.840. The molecule has 0 fully saturated rings. The fraction of sp³-hybridized carbons (Fsp3) is 0.353. The second-order valence-electron chi connectivity index (χ2n) is 6.30. The zero-order chi connectivity index (χ0) is 18.2. The molecule has 3 aromatic rings. The highest BCUT2D eigenvalue weighted by Crippen LogP contribution is 2.22. The van der Waals surface area contributed by atoms with Crippen LogP contribution in [-0.2, 0) is 12.6 Å². The molecule has 0 aliphatic heterocycles. The van der Waals surface area contributed by atoms with E-state index < -0.39 is 11.6 Å². The zero-order valence-corrected chi connectivity index (χ0v) is 14.6. The Morgan fingerprint density at radius 3 is 2.84 bits per heavy atom. The molecule has 0 aromatic carbocycles. The van der Waals surface area contributed by atoms with Crippen molar-refractivity contribution < 1.29 is 14.3 Å². The van der Waals surface area contributed by atoms with Crippen LogP contribution in [0.3, 0.4) is 0 Å². The maximum Gasteiger partial charge on any atom is 0.319 e. The van der Waals surface area contributed by atoms with Crippen molar-refractivity contribution in [3.8, 4) is 0 Å². The molecule has 1 atom stereocenters. The van der Waals surface area contributed by atoms with Gasteiger partial charge in [0.2, 0.25) is 0 Å². The number of rotatable bonds is 4. The predicted molar refractivity (Wildman–Crippen MR) is 93.3 cm³/mol. The molecule has 0 spiro atoms. The molecule has 0 saturated heterocycles. The molecule has 0 bridgehead atoms. The summed E-state index contributed by atoms with van der Waals surface area (Å²) in [5, 5.41) is 21.0. The molecule has 132 valence electrons. The number of aryl methyl sites for hydroxylation is 3. The van der Waals surface area contributed by atoms with E-state index in [4.69, 9.17) is 4.42 Å². The molecule has 3 N–H and O–H groups in total. The van der Waals surface area contributed by atoms with Crippen molar-refractivity contribution >= 4 is 22.8 Å². The molecule has 3 heterocycles. The van der Waals surface area contributed by atoms with Gasteiger partial charge < -0.3 is 20.2 Å². The summed E-state index contributed by atoms with van der Waals surface area (Å²) < 4.78 is 7.11. The second-order valence-corrected chi connectivity index (χ2v) is 6.30. The van der Waals surface area contributed by atoms with Crippen LogP contribution in [0.1, 0.15) is 24.1 Å². The van der Waals surface area contributed by atoms with Crippen LogP contribution in [0, 0.1) is 13.8 Å². The zero-order valence-electron chi connectivity index (χ0n) is 14.6. The lowest BCUT2D eigenvalue weighted by Gasteiger charge is -2.21. The average molecular weight is 343 g/mol. The van der Waals surface area contributed by atoms with Gasteiger partial charge in [0.1, 0.15) is 17.1 Å². The molecule has 3 aromatic heterocycles. The molecular formula is C17H21N5O3. The van der Waals surface area contributed by atoms with Crippen molar-refractivity contribution in [3.05, 3.63) is 41.6 Å². The number of carbonyl (C=O) groups excluding carboxylic acids is 1. The molecule has 3 rings (SSSR count). The number of urea groups is 1. The van der Waals surface area contributed by atoms with Gasteiger partial charge in [0.05, 0.1) is 24.1 Å². The highest BCUT2D eigenvalue weighted by Gasteiger charge is 2.27. The number of hydrogen-bond acceptors (Lipinski definition) is 5.